The highest BCUT2D eigenvalue weighted by Gasteiger charge is 2.60. The van der Waals surface area contributed by atoms with Crippen molar-refractivity contribution in [3.05, 3.63) is 34.9 Å². The van der Waals surface area contributed by atoms with Crippen molar-refractivity contribution in [2.45, 2.75) is 51.4 Å². The summed E-state index contributed by atoms with van der Waals surface area (Å²) in [5.74, 6) is 0.118. The lowest BCUT2D eigenvalue weighted by Gasteiger charge is -2.33. The molecule has 6 heteroatoms. The van der Waals surface area contributed by atoms with Crippen molar-refractivity contribution in [1.82, 2.24) is 4.90 Å². The summed E-state index contributed by atoms with van der Waals surface area (Å²) in [6.07, 6.45) is -2.53. The van der Waals surface area contributed by atoms with E-state index in [-0.39, 0.29) is 36.6 Å². The summed E-state index contributed by atoms with van der Waals surface area (Å²) in [5.41, 5.74) is 0.148. The normalized spacial score (nSPS) is 32.4. The van der Waals surface area contributed by atoms with Gasteiger partial charge in [-0.3, -0.25) is 9.59 Å². The summed E-state index contributed by atoms with van der Waals surface area (Å²) in [6, 6.07) is 3.80. The van der Waals surface area contributed by atoms with Gasteiger partial charge in [-0.05, 0) is 42.0 Å². The molecule has 1 aliphatic carbocycles. The van der Waals surface area contributed by atoms with Crippen LogP contribution in [0.25, 0.3) is 0 Å². The van der Waals surface area contributed by atoms with E-state index < -0.39 is 17.2 Å². The Bertz CT molecular complexity index is 742. The van der Waals surface area contributed by atoms with Gasteiger partial charge < -0.3 is 4.90 Å². The molecule has 0 radical (unpaired) electrons. The zero-order valence-corrected chi connectivity index (χ0v) is 13.3. The van der Waals surface area contributed by atoms with E-state index in [1.54, 1.807) is 4.90 Å². The second kappa shape index (κ2) is 4.83. The van der Waals surface area contributed by atoms with Crippen LogP contribution in [-0.4, -0.2) is 22.6 Å². The molecule has 3 aliphatic rings. The number of halogens is 3. The molecule has 2 fully saturated rings. The smallest absolute Gasteiger partial charge is 0.334 e. The van der Waals surface area contributed by atoms with Crippen LogP contribution in [0.2, 0.25) is 0 Å². The van der Waals surface area contributed by atoms with E-state index in [1.165, 1.54) is 6.07 Å². The third-order valence-electron chi connectivity index (χ3n) is 6.20. The van der Waals surface area contributed by atoms with E-state index >= 15 is 0 Å². The standard InChI is InChI=1S/C18H18F3NO2/c1-10-15-7-11-2-3-13(18(19,20)21)6-12(11)9-22(15)16(24)17(10)5-4-14(23)8-17/h2-3,6,10,15H,4-5,7-9H2,1H3/t10?,15?,17-/m0/s1. The highest BCUT2D eigenvalue weighted by Crippen LogP contribution is 2.53. The van der Waals surface area contributed by atoms with E-state index in [2.05, 4.69) is 0 Å². The number of amides is 1. The number of hydrogen-bond donors (Lipinski definition) is 0. The van der Waals surface area contributed by atoms with Gasteiger partial charge in [-0.15, -0.1) is 0 Å². The van der Waals surface area contributed by atoms with Crippen molar-refractivity contribution in [3.8, 4) is 0 Å². The van der Waals surface area contributed by atoms with E-state index in [0.29, 0.717) is 24.8 Å². The van der Waals surface area contributed by atoms with Crippen molar-refractivity contribution >= 4 is 11.7 Å². The number of benzene rings is 1. The molecule has 128 valence electrons. The highest BCUT2D eigenvalue weighted by molar-refractivity contribution is 5.95. The third kappa shape index (κ3) is 2.04. The Morgan fingerprint density at radius 2 is 1.96 bits per heavy atom. The zero-order valence-electron chi connectivity index (χ0n) is 13.3. The molecule has 3 atom stereocenters. The largest absolute Gasteiger partial charge is 0.416 e. The maximum atomic E-state index is 13.0. The lowest BCUT2D eigenvalue weighted by molar-refractivity contribution is -0.138. The average molecular weight is 337 g/mol. The highest BCUT2D eigenvalue weighted by atomic mass is 19.4. The van der Waals surface area contributed by atoms with Gasteiger partial charge in [0.05, 0.1) is 11.0 Å². The van der Waals surface area contributed by atoms with Crippen molar-refractivity contribution in [2.75, 3.05) is 0 Å². The number of carbonyl (C=O) groups excluding carboxylic acids is 2. The molecule has 4 rings (SSSR count). The van der Waals surface area contributed by atoms with Crippen molar-refractivity contribution in [3.63, 3.8) is 0 Å². The van der Waals surface area contributed by atoms with Crippen LogP contribution in [-0.2, 0) is 28.7 Å². The first-order valence-corrected chi connectivity index (χ1v) is 8.24. The van der Waals surface area contributed by atoms with Crippen LogP contribution in [0.4, 0.5) is 13.2 Å². The topological polar surface area (TPSA) is 37.4 Å². The Morgan fingerprint density at radius 1 is 1.21 bits per heavy atom. The lowest BCUT2D eigenvalue weighted by Crippen LogP contribution is -2.40. The second-order valence-electron chi connectivity index (χ2n) is 7.35. The summed E-state index contributed by atoms with van der Waals surface area (Å²) in [4.78, 5) is 26.5. The fourth-order valence-corrected chi connectivity index (χ4v) is 4.77. The van der Waals surface area contributed by atoms with Crippen LogP contribution in [0.3, 0.4) is 0 Å². The second-order valence-corrected chi connectivity index (χ2v) is 7.35. The SMILES string of the molecule is CC1C2Cc3ccc(C(F)(F)F)cc3CN2C(=O)[C@]12CCC(=O)C2. The molecular formula is C18H18F3NO2. The van der Waals surface area contributed by atoms with Gasteiger partial charge in [-0.25, -0.2) is 0 Å². The molecule has 1 saturated heterocycles. The summed E-state index contributed by atoms with van der Waals surface area (Å²) in [5, 5.41) is 0. The maximum Gasteiger partial charge on any atom is 0.416 e. The Kier molecular flexibility index (Phi) is 3.15. The van der Waals surface area contributed by atoms with Crippen molar-refractivity contribution < 1.29 is 22.8 Å². The molecule has 1 aromatic carbocycles. The molecule has 2 unspecified atom stereocenters. The van der Waals surface area contributed by atoms with Gasteiger partial charge in [0.25, 0.3) is 0 Å². The van der Waals surface area contributed by atoms with Gasteiger partial charge in [0.15, 0.2) is 0 Å². The predicted molar refractivity (Wildman–Crippen MR) is 79.9 cm³/mol. The number of hydrogen-bond acceptors (Lipinski definition) is 2. The fraction of sp³-hybridized carbons (Fsp3) is 0.556. The van der Waals surface area contributed by atoms with E-state index in [9.17, 15) is 22.8 Å². The minimum absolute atomic E-state index is 0.0207. The van der Waals surface area contributed by atoms with Crippen molar-refractivity contribution in [1.29, 1.82) is 0 Å². The summed E-state index contributed by atoms with van der Waals surface area (Å²) < 4.78 is 38.8. The van der Waals surface area contributed by atoms with Crippen LogP contribution < -0.4 is 0 Å². The van der Waals surface area contributed by atoms with Crippen LogP contribution >= 0.6 is 0 Å². The van der Waals surface area contributed by atoms with E-state index in [1.807, 2.05) is 6.92 Å². The first-order chi connectivity index (χ1) is 11.2. The Labute approximate surface area is 137 Å². The minimum Gasteiger partial charge on any atom is -0.334 e. The molecular weight excluding hydrogens is 319 g/mol. The molecule has 0 aromatic heterocycles. The summed E-state index contributed by atoms with van der Waals surface area (Å²) in [6.45, 7) is 2.22. The predicted octanol–water partition coefficient (Wildman–Crippen LogP) is 3.35. The van der Waals surface area contributed by atoms with E-state index in [0.717, 1.165) is 17.7 Å². The van der Waals surface area contributed by atoms with Crippen LogP contribution in [0, 0.1) is 11.3 Å². The number of nitrogens with zero attached hydrogens (tertiary/aromatic N) is 1. The molecule has 24 heavy (non-hydrogen) atoms. The average Bonchev–Trinajstić information content (AvgIpc) is 3.01. The molecule has 1 saturated carbocycles. The molecule has 1 spiro atoms. The number of fused-ring (bicyclic) bond motifs is 2. The van der Waals surface area contributed by atoms with Crippen LogP contribution in [0.5, 0.6) is 0 Å². The number of rotatable bonds is 0. The van der Waals surface area contributed by atoms with E-state index in [4.69, 9.17) is 0 Å². The Hall–Kier alpha value is -1.85. The maximum absolute atomic E-state index is 13.0. The number of alkyl halides is 3. The van der Waals surface area contributed by atoms with Gasteiger partial charge in [-0.1, -0.05) is 13.0 Å². The number of carbonyl (C=O) groups is 2. The first-order valence-electron chi connectivity index (χ1n) is 8.24. The fourth-order valence-electron chi connectivity index (χ4n) is 4.77. The quantitative estimate of drug-likeness (QED) is 0.728. The number of ketones is 1. The van der Waals surface area contributed by atoms with Crippen molar-refractivity contribution in [2.24, 2.45) is 11.3 Å². The van der Waals surface area contributed by atoms with Gasteiger partial charge in [-0.2, -0.15) is 13.2 Å². The number of Topliss-reactive ketones (excluding diaryl/α,β-unsaturated/α-hetero) is 1. The third-order valence-corrected chi connectivity index (χ3v) is 6.20. The van der Waals surface area contributed by atoms with Gasteiger partial charge >= 0.3 is 6.18 Å². The summed E-state index contributed by atoms with van der Waals surface area (Å²) in [7, 11) is 0. The van der Waals surface area contributed by atoms with Crippen LogP contribution in [0.1, 0.15) is 42.9 Å². The first kappa shape index (κ1) is 15.7. The molecule has 1 aromatic rings. The van der Waals surface area contributed by atoms with Gasteiger partial charge in [0.1, 0.15) is 5.78 Å². The van der Waals surface area contributed by atoms with Gasteiger partial charge in [0, 0.05) is 25.4 Å². The zero-order chi connectivity index (χ0) is 17.3. The monoisotopic (exact) mass is 337 g/mol. The minimum atomic E-state index is -4.38. The van der Waals surface area contributed by atoms with Gasteiger partial charge in [0.2, 0.25) is 5.91 Å². The molecule has 0 bridgehead atoms. The summed E-state index contributed by atoms with van der Waals surface area (Å²) >= 11 is 0. The molecule has 1 amide bonds. The molecule has 2 aliphatic heterocycles. The van der Waals surface area contributed by atoms with Crippen LogP contribution in [0.15, 0.2) is 18.2 Å². The molecule has 0 N–H and O–H groups in total. The Morgan fingerprint density at radius 3 is 2.58 bits per heavy atom. The lowest BCUT2D eigenvalue weighted by atomic mass is 9.73. The molecule has 3 nitrogen and oxygen atoms in total. The molecule has 2 heterocycles. The Balaban J connectivity index is 1.70.